The summed E-state index contributed by atoms with van der Waals surface area (Å²) in [5.41, 5.74) is -0.190. The van der Waals surface area contributed by atoms with Crippen LogP contribution in [0.5, 0.6) is 0 Å². The summed E-state index contributed by atoms with van der Waals surface area (Å²) in [4.78, 5) is 13.7. The molecule has 3 rings (SSSR count). The monoisotopic (exact) mass is 487 g/mol. The molecular weight excluding hydrogens is 459 g/mol. The van der Waals surface area contributed by atoms with E-state index in [-0.39, 0.29) is 25.5 Å². The molecule has 0 aromatic rings. The molecule has 2 saturated heterocycles. The number of rotatable bonds is 5. The van der Waals surface area contributed by atoms with Gasteiger partial charge in [0, 0.05) is 48.0 Å². The van der Waals surface area contributed by atoms with E-state index in [1.165, 1.54) is 4.90 Å². The summed E-state index contributed by atoms with van der Waals surface area (Å²) in [5, 5.41) is 13.2. The number of carbonyl (C=O) groups is 1. The highest BCUT2D eigenvalue weighted by molar-refractivity contribution is 14.1. The minimum Gasteiger partial charge on any atom is -0.394 e. The van der Waals surface area contributed by atoms with Crippen LogP contribution in [0.1, 0.15) is 44.9 Å². The first-order valence-electron chi connectivity index (χ1n) is 9.30. The van der Waals surface area contributed by atoms with Gasteiger partial charge in [-0.1, -0.05) is 0 Å². The molecule has 1 unspecified atom stereocenters. The van der Waals surface area contributed by atoms with Crippen molar-refractivity contribution in [2.75, 3.05) is 32.9 Å². The van der Waals surface area contributed by atoms with Gasteiger partial charge >= 0.3 is 0 Å². The highest BCUT2D eigenvalue weighted by Crippen LogP contribution is 2.47. The molecule has 1 aliphatic carbocycles. The van der Waals surface area contributed by atoms with Crippen LogP contribution in [0.4, 0.5) is 8.78 Å². The van der Waals surface area contributed by atoms with Gasteiger partial charge in [-0.15, -0.1) is 0 Å². The maximum Gasteiger partial charge on any atom is 0.268 e. The smallest absolute Gasteiger partial charge is 0.268 e. The minimum atomic E-state index is -2.85. The third-order valence-corrected chi connectivity index (χ3v) is 7.17. The van der Waals surface area contributed by atoms with Gasteiger partial charge in [0.05, 0.1) is 25.9 Å². The molecule has 9 heteroatoms. The van der Waals surface area contributed by atoms with E-state index in [4.69, 9.17) is 4.74 Å². The number of aliphatic hydroxyl groups is 1. The number of hydrogen-bond donors (Lipinski definition) is 3. The van der Waals surface area contributed by atoms with Crippen molar-refractivity contribution in [3.63, 3.8) is 0 Å². The molecule has 26 heavy (non-hydrogen) atoms. The van der Waals surface area contributed by atoms with Crippen LogP contribution in [0.15, 0.2) is 0 Å². The molecule has 1 spiro atoms. The first-order valence-corrected chi connectivity index (χ1v) is 10.4. The lowest BCUT2D eigenvalue weighted by molar-refractivity contribution is -0.133. The van der Waals surface area contributed by atoms with E-state index in [0.29, 0.717) is 5.41 Å². The molecule has 6 nitrogen and oxygen atoms in total. The number of amides is 1. The lowest BCUT2D eigenvalue weighted by Gasteiger charge is -2.48. The number of hydrogen-bond acceptors (Lipinski definition) is 5. The Balaban J connectivity index is 1.55. The second-order valence-corrected chi connectivity index (χ2v) is 8.73. The maximum atomic E-state index is 13.6. The third kappa shape index (κ3) is 4.48. The Labute approximate surface area is 166 Å². The summed E-state index contributed by atoms with van der Waals surface area (Å²) < 4.78 is 35.5. The van der Waals surface area contributed by atoms with Crippen molar-refractivity contribution in [3.8, 4) is 0 Å². The van der Waals surface area contributed by atoms with Gasteiger partial charge in [0.15, 0.2) is 0 Å². The van der Waals surface area contributed by atoms with Gasteiger partial charge in [0.2, 0.25) is 5.91 Å². The van der Waals surface area contributed by atoms with Crippen molar-refractivity contribution in [1.29, 1.82) is 0 Å². The molecule has 0 radical (unpaired) electrons. The Morgan fingerprint density at radius 3 is 2.42 bits per heavy atom. The Hall–Kier alpha value is -0.100. The van der Waals surface area contributed by atoms with Crippen molar-refractivity contribution in [2.24, 2.45) is 5.41 Å². The quantitative estimate of drug-likeness (QED) is 0.408. The van der Waals surface area contributed by atoms with E-state index < -0.39 is 24.2 Å². The first-order chi connectivity index (χ1) is 12.3. The highest BCUT2D eigenvalue weighted by Gasteiger charge is 2.47. The second kappa shape index (κ2) is 8.10. The molecular formula is C17H28F2IN3O3. The summed E-state index contributed by atoms with van der Waals surface area (Å²) in [5.74, 6) is -3.21. The Morgan fingerprint density at radius 2 is 1.85 bits per heavy atom. The Bertz CT molecular complexity index is 507. The molecule has 1 atom stereocenters. The zero-order chi connectivity index (χ0) is 18.8. The molecule has 0 aromatic heterocycles. The number of likely N-dealkylation sites (tertiary alicyclic amines) is 1. The number of carbonyl (C=O) groups excluding carboxylic acids is 1. The molecule has 2 aliphatic heterocycles. The van der Waals surface area contributed by atoms with Crippen molar-refractivity contribution in [1.82, 2.24) is 13.7 Å². The van der Waals surface area contributed by atoms with Gasteiger partial charge in [-0.25, -0.2) is 12.3 Å². The van der Waals surface area contributed by atoms with Crippen molar-refractivity contribution >= 4 is 28.8 Å². The van der Waals surface area contributed by atoms with Crippen LogP contribution >= 0.6 is 22.9 Å². The van der Waals surface area contributed by atoms with Crippen LogP contribution in [0.25, 0.3) is 0 Å². The number of nitrogens with one attached hydrogen (secondary N) is 2. The predicted molar refractivity (Wildman–Crippen MR) is 101 cm³/mol. The zero-order valence-corrected chi connectivity index (χ0v) is 17.1. The van der Waals surface area contributed by atoms with E-state index in [1.54, 1.807) is 0 Å². The minimum absolute atomic E-state index is 0.0262. The maximum absolute atomic E-state index is 13.6. The first kappa shape index (κ1) is 20.6. The average molecular weight is 487 g/mol. The zero-order valence-electron chi connectivity index (χ0n) is 14.9. The molecule has 150 valence electrons. The molecule has 0 aromatic carbocycles. The molecule has 1 saturated carbocycles. The Kier molecular flexibility index (Phi) is 6.43. The third-order valence-electron chi connectivity index (χ3n) is 6.45. The summed E-state index contributed by atoms with van der Waals surface area (Å²) >= 11 is 1.81. The van der Waals surface area contributed by atoms with E-state index >= 15 is 0 Å². The summed E-state index contributed by atoms with van der Waals surface area (Å²) in [7, 11) is 0. The van der Waals surface area contributed by atoms with Gasteiger partial charge < -0.3 is 20.1 Å². The van der Waals surface area contributed by atoms with Gasteiger partial charge in [-0.3, -0.25) is 4.79 Å². The van der Waals surface area contributed by atoms with E-state index in [1.807, 2.05) is 22.9 Å². The number of halogens is 3. The van der Waals surface area contributed by atoms with Gasteiger partial charge in [-0.2, -0.15) is 0 Å². The molecule has 1 amide bonds. The van der Waals surface area contributed by atoms with E-state index in [9.17, 15) is 18.7 Å². The van der Waals surface area contributed by atoms with Crippen LogP contribution in [0, 0.1) is 5.41 Å². The number of aliphatic hydroxyl groups excluding tert-OH is 1. The van der Waals surface area contributed by atoms with Gasteiger partial charge in [-0.05, 0) is 43.9 Å². The second-order valence-electron chi connectivity index (χ2n) is 8.11. The largest absolute Gasteiger partial charge is 0.394 e. The van der Waals surface area contributed by atoms with Crippen LogP contribution in [-0.2, 0) is 9.53 Å². The number of nitrogens with zero attached hydrogens (tertiary/aromatic N) is 1. The molecule has 0 bridgehead atoms. The normalized spacial score (nSPS) is 29.8. The van der Waals surface area contributed by atoms with Crippen molar-refractivity contribution in [3.05, 3.63) is 0 Å². The standard InChI is InChI=1S/C17H28F2IN3O3/c18-17(19)9-13(22-20)23(11-17)14(25)10-21-16(12-24)3-1-15(2-4-16)5-7-26-8-6-15/h13,21-22,24H,1-12H2. The number of alkyl halides is 2. The van der Waals surface area contributed by atoms with Crippen LogP contribution in [0.2, 0.25) is 0 Å². The van der Waals surface area contributed by atoms with Gasteiger partial charge in [0.1, 0.15) is 0 Å². The lowest BCUT2D eigenvalue weighted by Crippen LogP contribution is -2.56. The Morgan fingerprint density at radius 1 is 1.19 bits per heavy atom. The summed E-state index contributed by atoms with van der Waals surface area (Å²) in [6.07, 6.45) is 4.68. The fourth-order valence-corrected chi connectivity index (χ4v) is 5.05. The van der Waals surface area contributed by atoms with Gasteiger partial charge in [0.25, 0.3) is 5.92 Å². The highest BCUT2D eigenvalue weighted by atomic mass is 127. The van der Waals surface area contributed by atoms with Crippen molar-refractivity contribution < 1.29 is 23.4 Å². The number of ether oxygens (including phenoxy) is 1. The average Bonchev–Trinajstić information content (AvgIpc) is 2.97. The molecule has 2 heterocycles. The summed E-state index contributed by atoms with van der Waals surface area (Å²) in [6.45, 7) is 0.972. The van der Waals surface area contributed by atoms with Crippen LogP contribution in [-0.4, -0.2) is 66.5 Å². The fourth-order valence-electron chi connectivity index (χ4n) is 4.50. The lowest BCUT2D eigenvalue weighted by atomic mass is 9.64. The summed E-state index contributed by atoms with van der Waals surface area (Å²) in [6, 6.07) is 0. The topological polar surface area (TPSA) is 73.8 Å². The molecule has 3 fully saturated rings. The van der Waals surface area contributed by atoms with E-state index in [2.05, 4.69) is 8.85 Å². The van der Waals surface area contributed by atoms with Crippen LogP contribution in [0.3, 0.4) is 0 Å². The molecule has 3 aliphatic rings. The van der Waals surface area contributed by atoms with E-state index in [0.717, 1.165) is 51.7 Å². The fraction of sp³-hybridized carbons (Fsp3) is 0.941. The molecule has 3 N–H and O–H groups in total. The SMILES string of the molecule is O=C(CNC1(CO)CCC2(CCOCC2)CC1)N1CC(F)(F)CC1NI. The van der Waals surface area contributed by atoms with Crippen molar-refractivity contribution in [2.45, 2.75) is 62.6 Å². The predicted octanol–water partition coefficient (Wildman–Crippen LogP) is 1.81. The van der Waals surface area contributed by atoms with Crippen LogP contribution < -0.4 is 8.85 Å².